The number of fused-ring (bicyclic) bond motifs is 1. The van der Waals surface area contributed by atoms with Crippen molar-refractivity contribution in [2.75, 3.05) is 20.0 Å². The summed E-state index contributed by atoms with van der Waals surface area (Å²) in [5.74, 6) is 2.26. The van der Waals surface area contributed by atoms with Crippen LogP contribution in [0.4, 0.5) is 0 Å². The Morgan fingerprint density at radius 1 is 1.12 bits per heavy atom. The molecular weight excluding hydrogens is 450 g/mol. The van der Waals surface area contributed by atoms with Crippen LogP contribution in [0.1, 0.15) is 33.1 Å². The first-order valence-electron chi connectivity index (χ1n) is 11.6. The molecule has 2 aromatic carbocycles. The van der Waals surface area contributed by atoms with Crippen LogP contribution in [0.3, 0.4) is 0 Å². The van der Waals surface area contributed by atoms with E-state index >= 15 is 0 Å². The summed E-state index contributed by atoms with van der Waals surface area (Å²) in [6.07, 6.45) is 3.35. The lowest BCUT2D eigenvalue weighted by Gasteiger charge is -2.34. The van der Waals surface area contributed by atoms with Crippen LogP contribution in [0.15, 0.2) is 52.4 Å². The number of hydrogen-bond donors (Lipinski definition) is 1. The van der Waals surface area contributed by atoms with E-state index in [0.717, 1.165) is 12.8 Å². The average molecular weight is 482 g/mol. The fourth-order valence-electron chi connectivity index (χ4n) is 4.57. The van der Waals surface area contributed by atoms with E-state index in [-0.39, 0.29) is 23.3 Å². The number of benzene rings is 2. The van der Waals surface area contributed by atoms with E-state index in [0.29, 0.717) is 45.1 Å². The Bertz CT molecular complexity index is 1240. The Morgan fingerprint density at radius 2 is 1.88 bits per heavy atom. The van der Waals surface area contributed by atoms with E-state index in [1.54, 1.807) is 38.5 Å². The van der Waals surface area contributed by atoms with Crippen molar-refractivity contribution >= 4 is 28.6 Å². The fourth-order valence-corrected chi connectivity index (χ4v) is 5.39. The van der Waals surface area contributed by atoms with Crippen LogP contribution >= 0.6 is 11.8 Å². The zero-order chi connectivity index (χ0) is 24.2. The first-order chi connectivity index (χ1) is 16.4. The highest BCUT2D eigenvalue weighted by molar-refractivity contribution is 7.99. The summed E-state index contributed by atoms with van der Waals surface area (Å²) in [4.78, 5) is 31.0. The van der Waals surface area contributed by atoms with Gasteiger partial charge in [-0.25, -0.2) is 4.98 Å². The monoisotopic (exact) mass is 481 g/mol. The molecule has 1 N–H and O–H groups in total. The maximum atomic E-state index is 13.5. The van der Waals surface area contributed by atoms with Crippen molar-refractivity contribution in [1.29, 1.82) is 0 Å². The Labute approximate surface area is 203 Å². The third-order valence-corrected chi connectivity index (χ3v) is 7.69. The second kappa shape index (κ2) is 10.5. The molecule has 1 aromatic heterocycles. The van der Waals surface area contributed by atoms with Gasteiger partial charge in [0.05, 0.1) is 36.6 Å². The molecule has 1 fully saturated rings. The number of para-hydroxylation sites is 1. The number of carbonyl (C=O) groups is 1. The van der Waals surface area contributed by atoms with Gasteiger partial charge >= 0.3 is 0 Å². The van der Waals surface area contributed by atoms with Gasteiger partial charge in [0.25, 0.3) is 5.56 Å². The minimum Gasteiger partial charge on any atom is -0.493 e. The number of aromatic nitrogens is 2. The number of hydrogen-bond acceptors (Lipinski definition) is 6. The molecule has 34 heavy (non-hydrogen) atoms. The van der Waals surface area contributed by atoms with Crippen LogP contribution in [0.25, 0.3) is 16.6 Å². The van der Waals surface area contributed by atoms with Crippen LogP contribution in [-0.2, 0) is 4.79 Å². The Hall–Kier alpha value is -3.00. The quantitative estimate of drug-likeness (QED) is 0.397. The predicted molar refractivity (Wildman–Crippen MR) is 135 cm³/mol. The molecule has 0 spiro atoms. The van der Waals surface area contributed by atoms with E-state index < -0.39 is 0 Å². The minimum absolute atomic E-state index is 0.0442. The first kappa shape index (κ1) is 24.1. The average Bonchev–Trinajstić information content (AvgIpc) is 2.85. The van der Waals surface area contributed by atoms with Crippen LogP contribution in [-0.4, -0.2) is 41.5 Å². The molecule has 0 unspecified atom stereocenters. The van der Waals surface area contributed by atoms with Gasteiger partial charge < -0.3 is 14.8 Å². The predicted octanol–water partition coefficient (Wildman–Crippen LogP) is 4.44. The minimum atomic E-state index is -0.199. The maximum absolute atomic E-state index is 13.5. The maximum Gasteiger partial charge on any atom is 0.266 e. The van der Waals surface area contributed by atoms with Crippen molar-refractivity contribution in [2.45, 2.75) is 44.3 Å². The van der Waals surface area contributed by atoms with Gasteiger partial charge in [0.2, 0.25) is 5.91 Å². The van der Waals surface area contributed by atoms with Crippen molar-refractivity contribution in [3.8, 4) is 17.2 Å². The molecule has 7 nitrogen and oxygen atoms in total. The largest absolute Gasteiger partial charge is 0.493 e. The zero-order valence-electron chi connectivity index (χ0n) is 20.0. The second-order valence-corrected chi connectivity index (χ2v) is 9.76. The lowest BCUT2D eigenvalue weighted by molar-refractivity contribution is -0.120. The lowest BCUT2D eigenvalue weighted by Crippen LogP contribution is -2.44. The third kappa shape index (κ3) is 4.92. The van der Waals surface area contributed by atoms with Crippen molar-refractivity contribution in [3.63, 3.8) is 0 Å². The summed E-state index contributed by atoms with van der Waals surface area (Å²) in [5.41, 5.74) is 0.996. The van der Waals surface area contributed by atoms with E-state index in [4.69, 9.17) is 14.5 Å². The van der Waals surface area contributed by atoms with Crippen molar-refractivity contribution in [1.82, 2.24) is 14.9 Å². The molecule has 1 amide bonds. The van der Waals surface area contributed by atoms with Crippen LogP contribution in [0.2, 0.25) is 0 Å². The topological polar surface area (TPSA) is 82.5 Å². The molecule has 4 rings (SSSR count). The first-order valence-corrected chi connectivity index (χ1v) is 12.6. The molecule has 0 saturated heterocycles. The number of ether oxygens (including phenoxy) is 2. The van der Waals surface area contributed by atoms with Crippen molar-refractivity contribution in [3.05, 3.63) is 52.8 Å². The molecule has 8 heteroatoms. The van der Waals surface area contributed by atoms with E-state index in [2.05, 4.69) is 19.2 Å². The van der Waals surface area contributed by atoms with Gasteiger partial charge in [-0.1, -0.05) is 50.6 Å². The molecule has 0 radical (unpaired) electrons. The number of rotatable bonds is 7. The van der Waals surface area contributed by atoms with Gasteiger partial charge in [0.1, 0.15) is 0 Å². The Morgan fingerprint density at radius 3 is 2.65 bits per heavy atom. The normalized spacial score (nSPS) is 20.2. The van der Waals surface area contributed by atoms with Crippen molar-refractivity contribution in [2.24, 2.45) is 11.8 Å². The summed E-state index contributed by atoms with van der Waals surface area (Å²) >= 11 is 1.26. The Balaban J connectivity index is 1.65. The van der Waals surface area contributed by atoms with Gasteiger partial charge in [0.15, 0.2) is 16.7 Å². The smallest absolute Gasteiger partial charge is 0.266 e. The molecule has 0 aliphatic heterocycles. The number of thioether (sulfide) groups is 1. The lowest BCUT2D eigenvalue weighted by atomic mass is 9.78. The van der Waals surface area contributed by atoms with E-state index in [1.165, 1.54) is 22.7 Å². The summed E-state index contributed by atoms with van der Waals surface area (Å²) in [6.45, 7) is 4.46. The van der Waals surface area contributed by atoms with Gasteiger partial charge in [-0.15, -0.1) is 0 Å². The molecule has 180 valence electrons. The van der Waals surface area contributed by atoms with Crippen molar-refractivity contribution < 1.29 is 14.3 Å². The second-order valence-electron chi connectivity index (χ2n) is 8.82. The van der Waals surface area contributed by atoms with E-state index in [9.17, 15) is 9.59 Å². The highest BCUT2D eigenvalue weighted by Gasteiger charge is 2.28. The summed E-state index contributed by atoms with van der Waals surface area (Å²) in [6, 6.07) is 12.7. The number of nitrogens with zero attached hydrogens (tertiary/aromatic N) is 2. The highest BCUT2D eigenvalue weighted by atomic mass is 32.2. The molecule has 1 aliphatic carbocycles. The van der Waals surface area contributed by atoms with E-state index in [1.807, 2.05) is 18.2 Å². The Kier molecular flexibility index (Phi) is 7.46. The fraction of sp³-hybridized carbons (Fsp3) is 0.423. The number of nitrogens with one attached hydrogen (secondary N) is 1. The summed E-state index contributed by atoms with van der Waals surface area (Å²) in [5, 5.41) is 4.17. The molecule has 3 atom stereocenters. The van der Waals surface area contributed by atoms with Crippen LogP contribution in [0, 0.1) is 11.8 Å². The molecule has 1 aliphatic rings. The third-order valence-electron chi connectivity index (χ3n) is 6.76. The van der Waals surface area contributed by atoms with Gasteiger partial charge in [-0.05, 0) is 42.5 Å². The SMILES string of the molecule is COc1ccc(-n2c(SCC(=O)N[C@@H]3CCC[C@H](C)[C@@H]3C)nc3ccccc3c2=O)cc1OC. The van der Waals surface area contributed by atoms with Crippen LogP contribution < -0.4 is 20.3 Å². The number of amides is 1. The molecule has 1 saturated carbocycles. The highest BCUT2D eigenvalue weighted by Crippen LogP contribution is 2.31. The van der Waals surface area contributed by atoms with Gasteiger partial charge in [0, 0.05) is 12.1 Å². The molecule has 1 heterocycles. The summed E-state index contributed by atoms with van der Waals surface area (Å²) < 4.78 is 12.3. The summed E-state index contributed by atoms with van der Waals surface area (Å²) in [7, 11) is 3.12. The van der Waals surface area contributed by atoms with Gasteiger partial charge in [-0.3, -0.25) is 14.2 Å². The standard InChI is InChI=1S/C26H31N3O4S/c1-16-8-7-11-20(17(16)2)27-24(30)15-34-26-28-21-10-6-5-9-19(21)25(31)29(26)18-12-13-22(32-3)23(14-18)33-4/h5-6,9-10,12-14,16-17,20H,7-8,11,15H2,1-4H3,(H,27,30)/t16-,17-,20+/m0/s1. The molecular formula is C26H31N3O4S. The van der Waals surface area contributed by atoms with Crippen LogP contribution in [0.5, 0.6) is 11.5 Å². The zero-order valence-corrected chi connectivity index (χ0v) is 20.9. The van der Waals surface area contributed by atoms with Gasteiger partial charge in [-0.2, -0.15) is 0 Å². The number of carbonyl (C=O) groups excluding carboxylic acids is 1. The number of methoxy groups -OCH3 is 2. The molecule has 3 aromatic rings. The molecule has 0 bridgehead atoms.